The zero-order valence-electron chi connectivity index (χ0n) is 15.7. The van der Waals surface area contributed by atoms with Crippen LogP contribution < -0.4 is 0 Å². The molecule has 8 heteroatoms. The minimum Gasteiger partial charge on any atom is -0.350 e. The summed E-state index contributed by atoms with van der Waals surface area (Å²) in [6.07, 6.45) is 1.60. The number of aromatic nitrogens is 2. The molecule has 3 heterocycles. The lowest BCUT2D eigenvalue weighted by molar-refractivity contribution is -0.0956. The minimum atomic E-state index is -0.124. The summed E-state index contributed by atoms with van der Waals surface area (Å²) in [4.78, 5) is 15.0. The Morgan fingerprint density at radius 1 is 1.18 bits per heavy atom. The van der Waals surface area contributed by atoms with Crippen molar-refractivity contribution in [2.45, 2.75) is 32.6 Å². The fourth-order valence-corrected chi connectivity index (χ4v) is 4.38. The van der Waals surface area contributed by atoms with Gasteiger partial charge in [0.25, 0.3) is 5.91 Å². The summed E-state index contributed by atoms with van der Waals surface area (Å²) in [6.45, 7) is 4.88. The lowest BCUT2D eigenvalue weighted by atomic mass is 9.95. The number of likely N-dealkylation sites (tertiary alicyclic amines) is 1. The molecule has 2 aliphatic heterocycles. The van der Waals surface area contributed by atoms with Crippen molar-refractivity contribution in [3.05, 3.63) is 51.3 Å². The molecular formula is C20H23Cl2N3O3. The van der Waals surface area contributed by atoms with E-state index < -0.39 is 0 Å². The van der Waals surface area contributed by atoms with Crippen LogP contribution in [0, 0.1) is 12.8 Å². The van der Waals surface area contributed by atoms with Crippen molar-refractivity contribution >= 4 is 29.1 Å². The van der Waals surface area contributed by atoms with E-state index in [9.17, 15) is 4.79 Å². The first-order valence-corrected chi connectivity index (χ1v) is 10.3. The summed E-state index contributed by atoms with van der Waals surface area (Å²) in [5, 5.41) is 5.48. The molecule has 2 saturated heterocycles. The summed E-state index contributed by atoms with van der Waals surface area (Å²) in [6, 6.07) is 7.55. The Kier molecular flexibility index (Phi) is 5.92. The maximum atomic E-state index is 13.1. The molecule has 2 aliphatic rings. The van der Waals surface area contributed by atoms with E-state index in [1.807, 2.05) is 36.1 Å². The SMILES string of the molecule is Cc1nn(Cc2ccccc2Cl)c(Cl)c1C(=O)N1CCC(C2OCCO2)CC1. The summed E-state index contributed by atoms with van der Waals surface area (Å²) < 4.78 is 12.9. The third kappa shape index (κ3) is 3.92. The van der Waals surface area contributed by atoms with Gasteiger partial charge in [0, 0.05) is 24.0 Å². The van der Waals surface area contributed by atoms with Crippen LogP contribution in [0.4, 0.5) is 0 Å². The van der Waals surface area contributed by atoms with Crippen molar-refractivity contribution in [1.82, 2.24) is 14.7 Å². The van der Waals surface area contributed by atoms with E-state index in [1.165, 1.54) is 0 Å². The van der Waals surface area contributed by atoms with Crippen LogP contribution in [-0.4, -0.2) is 53.2 Å². The Labute approximate surface area is 174 Å². The second kappa shape index (κ2) is 8.41. The highest BCUT2D eigenvalue weighted by atomic mass is 35.5. The van der Waals surface area contributed by atoms with Gasteiger partial charge in [0.05, 0.1) is 31.0 Å². The number of carbonyl (C=O) groups is 1. The number of hydrogen-bond acceptors (Lipinski definition) is 4. The molecule has 0 N–H and O–H groups in total. The van der Waals surface area contributed by atoms with Crippen molar-refractivity contribution in [2.24, 2.45) is 5.92 Å². The molecule has 2 fully saturated rings. The number of hydrogen-bond donors (Lipinski definition) is 0. The molecule has 1 amide bonds. The van der Waals surface area contributed by atoms with E-state index in [2.05, 4.69) is 5.10 Å². The second-order valence-electron chi connectivity index (χ2n) is 7.24. The number of ether oxygens (including phenoxy) is 2. The summed E-state index contributed by atoms with van der Waals surface area (Å²) in [5.41, 5.74) is 2.01. The Hall–Kier alpha value is -1.60. The molecule has 2 aromatic rings. The van der Waals surface area contributed by atoms with Gasteiger partial charge in [-0.15, -0.1) is 0 Å². The maximum Gasteiger partial charge on any atom is 0.258 e. The van der Waals surface area contributed by atoms with Crippen molar-refractivity contribution in [3.63, 3.8) is 0 Å². The quantitative estimate of drug-likeness (QED) is 0.750. The lowest BCUT2D eigenvalue weighted by Crippen LogP contribution is -2.41. The van der Waals surface area contributed by atoms with Gasteiger partial charge in [0.2, 0.25) is 0 Å². The molecule has 1 aromatic heterocycles. The second-order valence-corrected chi connectivity index (χ2v) is 8.01. The summed E-state index contributed by atoms with van der Waals surface area (Å²) in [7, 11) is 0. The fraction of sp³-hybridized carbons (Fsp3) is 0.500. The van der Waals surface area contributed by atoms with Crippen LogP contribution in [-0.2, 0) is 16.0 Å². The number of aryl methyl sites for hydroxylation is 1. The van der Waals surface area contributed by atoms with Gasteiger partial charge < -0.3 is 14.4 Å². The van der Waals surface area contributed by atoms with Gasteiger partial charge in [-0.05, 0) is 31.4 Å². The highest BCUT2D eigenvalue weighted by Crippen LogP contribution is 2.29. The third-order valence-electron chi connectivity index (χ3n) is 5.42. The van der Waals surface area contributed by atoms with E-state index in [-0.39, 0.29) is 12.2 Å². The average Bonchev–Trinajstić information content (AvgIpc) is 3.32. The van der Waals surface area contributed by atoms with E-state index in [0.29, 0.717) is 60.2 Å². The smallest absolute Gasteiger partial charge is 0.258 e. The Balaban J connectivity index is 1.46. The van der Waals surface area contributed by atoms with E-state index in [0.717, 1.165) is 18.4 Å². The predicted octanol–water partition coefficient (Wildman–Crippen LogP) is 3.77. The van der Waals surface area contributed by atoms with Crippen molar-refractivity contribution in [2.75, 3.05) is 26.3 Å². The van der Waals surface area contributed by atoms with Gasteiger partial charge in [-0.3, -0.25) is 4.79 Å². The molecule has 0 spiro atoms. The van der Waals surface area contributed by atoms with E-state index >= 15 is 0 Å². The Morgan fingerprint density at radius 2 is 1.86 bits per heavy atom. The molecule has 0 aliphatic carbocycles. The fourth-order valence-electron chi connectivity index (χ4n) is 3.87. The van der Waals surface area contributed by atoms with Crippen molar-refractivity contribution in [1.29, 1.82) is 0 Å². The lowest BCUT2D eigenvalue weighted by Gasteiger charge is -2.33. The first kappa shape index (κ1) is 19.7. The first-order chi connectivity index (χ1) is 13.5. The molecule has 6 nitrogen and oxygen atoms in total. The van der Waals surface area contributed by atoms with Crippen LogP contribution in [0.15, 0.2) is 24.3 Å². The number of piperidine rings is 1. The Bertz CT molecular complexity index is 856. The van der Waals surface area contributed by atoms with Crippen molar-refractivity contribution < 1.29 is 14.3 Å². The third-order valence-corrected chi connectivity index (χ3v) is 6.17. The van der Waals surface area contributed by atoms with Crippen LogP contribution in [0.1, 0.15) is 34.5 Å². The molecule has 28 heavy (non-hydrogen) atoms. The number of benzene rings is 1. The van der Waals surface area contributed by atoms with Gasteiger partial charge in [-0.2, -0.15) is 5.10 Å². The standard InChI is InChI=1S/C20H23Cl2N3O3/c1-13-17(18(22)25(23-13)12-15-4-2-3-5-16(15)21)19(26)24-8-6-14(7-9-24)20-27-10-11-28-20/h2-5,14,20H,6-12H2,1H3. The monoisotopic (exact) mass is 423 g/mol. The maximum absolute atomic E-state index is 13.1. The van der Waals surface area contributed by atoms with Gasteiger partial charge in [-0.25, -0.2) is 4.68 Å². The molecule has 0 saturated carbocycles. The zero-order valence-corrected chi connectivity index (χ0v) is 17.2. The van der Waals surface area contributed by atoms with Crippen molar-refractivity contribution in [3.8, 4) is 0 Å². The van der Waals surface area contributed by atoms with Gasteiger partial charge in [0.15, 0.2) is 6.29 Å². The molecule has 150 valence electrons. The predicted molar refractivity (Wildman–Crippen MR) is 107 cm³/mol. The first-order valence-electron chi connectivity index (χ1n) is 9.53. The van der Waals surface area contributed by atoms with E-state index in [1.54, 1.807) is 4.68 Å². The van der Waals surface area contributed by atoms with Crippen LogP contribution in [0.2, 0.25) is 10.2 Å². The molecule has 0 atom stereocenters. The number of nitrogens with zero attached hydrogens (tertiary/aromatic N) is 3. The number of carbonyl (C=O) groups excluding carboxylic acids is 1. The normalized spacial score (nSPS) is 18.8. The van der Waals surface area contributed by atoms with E-state index in [4.69, 9.17) is 32.7 Å². The highest BCUT2D eigenvalue weighted by Gasteiger charge is 2.33. The van der Waals surface area contributed by atoms with Gasteiger partial charge in [0.1, 0.15) is 5.15 Å². The summed E-state index contributed by atoms with van der Waals surface area (Å²) >= 11 is 12.8. The highest BCUT2D eigenvalue weighted by molar-refractivity contribution is 6.33. The van der Waals surface area contributed by atoms with Crippen LogP contribution in [0.3, 0.4) is 0 Å². The average molecular weight is 424 g/mol. The topological polar surface area (TPSA) is 56.6 Å². The number of amides is 1. The molecule has 0 unspecified atom stereocenters. The summed E-state index contributed by atoms with van der Waals surface area (Å²) in [5.74, 6) is 0.269. The van der Waals surface area contributed by atoms with Gasteiger partial charge >= 0.3 is 0 Å². The zero-order chi connectivity index (χ0) is 19.7. The molecular weight excluding hydrogens is 401 g/mol. The van der Waals surface area contributed by atoms with Crippen LogP contribution in [0.5, 0.6) is 0 Å². The Morgan fingerprint density at radius 3 is 2.54 bits per heavy atom. The molecule has 1 aromatic carbocycles. The molecule has 4 rings (SSSR count). The van der Waals surface area contributed by atoms with Gasteiger partial charge in [-0.1, -0.05) is 41.4 Å². The van der Waals surface area contributed by atoms with Crippen LogP contribution in [0.25, 0.3) is 0 Å². The largest absolute Gasteiger partial charge is 0.350 e. The number of rotatable bonds is 4. The molecule has 0 radical (unpaired) electrons. The molecule has 0 bridgehead atoms. The minimum absolute atomic E-state index is 0.0698. The number of halogens is 2. The van der Waals surface area contributed by atoms with Crippen LogP contribution >= 0.6 is 23.2 Å².